The van der Waals surface area contributed by atoms with E-state index in [4.69, 9.17) is 0 Å². The maximum atomic E-state index is 12.0. The normalized spacial score (nSPS) is 12.0. The van der Waals surface area contributed by atoms with E-state index in [0.717, 1.165) is 19.4 Å². The second-order valence-corrected chi connectivity index (χ2v) is 12.2. The summed E-state index contributed by atoms with van der Waals surface area (Å²) in [7, 11) is -3.51. The summed E-state index contributed by atoms with van der Waals surface area (Å²) in [5.41, 5.74) is 0. The highest BCUT2D eigenvalue weighted by atomic mass is 32.3. The molecule has 1 unspecified atom stereocenters. The van der Waals surface area contributed by atoms with Crippen LogP contribution in [0.5, 0.6) is 0 Å². The van der Waals surface area contributed by atoms with Gasteiger partial charge in [0.2, 0.25) is 16.3 Å². The Hall–Kier alpha value is -1.09. The van der Waals surface area contributed by atoms with Crippen molar-refractivity contribution in [3.63, 3.8) is 0 Å². The predicted octanol–water partition coefficient (Wildman–Crippen LogP) is 6.72. The molecule has 0 aliphatic heterocycles. The van der Waals surface area contributed by atoms with Gasteiger partial charge in [0.15, 0.2) is 10.8 Å². The quantitative estimate of drug-likeness (QED) is 0.0872. The van der Waals surface area contributed by atoms with Gasteiger partial charge in [0, 0.05) is 17.3 Å². The summed E-state index contributed by atoms with van der Waals surface area (Å²) in [5.74, 6) is 0.983. The van der Waals surface area contributed by atoms with Gasteiger partial charge in [-0.1, -0.05) is 115 Å². The van der Waals surface area contributed by atoms with Gasteiger partial charge in [0.05, 0.1) is 7.11 Å². The molecule has 35 heavy (non-hydrogen) atoms. The molecule has 0 saturated heterocycles. The van der Waals surface area contributed by atoms with Crippen molar-refractivity contribution in [3.8, 4) is 0 Å². The maximum Gasteiger partial charge on any atom is 0.223 e. The largest absolute Gasteiger partial charge is 0.726 e. The van der Waals surface area contributed by atoms with Crippen molar-refractivity contribution in [2.45, 2.75) is 115 Å². The molecule has 0 aromatic heterocycles. The second-order valence-electron chi connectivity index (χ2n) is 8.97. The third kappa shape index (κ3) is 24.4. The second kappa shape index (κ2) is 23.3. The molecule has 0 radical (unpaired) electrons. The Labute approximate surface area is 218 Å². The average Bonchev–Trinajstić information content (AvgIpc) is 2.85. The molecule has 1 aromatic rings. The minimum atomic E-state index is -4.41. The lowest BCUT2D eigenvalue weighted by molar-refractivity contribution is -0.120. The Kier molecular flexibility index (Phi) is 22.6. The summed E-state index contributed by atoms with van der Waals surface area (Å²) in [4.78, 5) is 13.3. The van der Waals surface area contributed by atoms with Crippen molar-refractivity contribution in [2.24, 2.45) is 0 Å². The molecule has 204 valence electrons. The first-order valence-corrected chi connectivity index (χ1v) is 16.4. The minimum Gasteiger partial charge on any atom is -0.726 e. The van der Waals surface area contributed by atoms with Gasteiger partial charge in [-0.15, -0.1) is 0 Å². The molecule has 0 saturated carbocycles. The standard InChI is InChI=1S/C26H45NOS.CH4O4S/c1-3-4-5-6-7-8-9-10-11-12-13-14-15-16-20-23-26(28)27-24-29(2)25-21-18-17-19-22-25;1-5-6(2,3)4/h17-19,21-22H,3-16,20,23-24H2,1-2H3;1H3,(H,2,3,4). The van der Waals surface area contributed by atoms with Crippen LogP contribution >= 0.6 is 0 Å². The van der Waals surface area contributed by atoms with E-state index >= 15 is 0 Å². The summed E-state index contributed by atoms with van der Waals surface area (Å²) < 4.78 is 31.0. The van der Waals surface area contributed by atoms with Crippen LogP contribution in [0.15, 0.2) is 35.2 Å². The fourth-order valence-corrected chi connectivity index (χ4v) is 4.84. The Balaban J connectivity index is 0.00000170. The van der Waals surface area contributed by atoms with E-state index in [-0.39, 0.29) is 16.8 Å². The van der Waals surface area contributed by atoms with Crippen molar-refractivity contribution >= 4 is 27.2 Å². The zero-order valence-electron chi connectivity index (χ0n) is 22.3. The molecule has 1 aromatic carbocycles. The topological polar surface area (TPSA) is 95.5 Å². The molecule has 0 spiro atoms. The van der Waals surface area contributed by atoms with Gasteiger partial charge in [-0.05, 0) is 18.6 Å². The molecule has 0 aliphatic rings. The van der Waals surface area contributed by atoms with Crippen molar-refractivity contribution in [1.82, 2.24) is 5.32 Å². The molecule has 0 aliphatic carbocycles. The van der Waals surface area contributed by atoms with Crippen LogP contribution in [0.1, 0.15) is 110 Å². The number of unbranched alkanes of at least 4 members (excludes halogenated alkanes) is 14. The smallest absolute Gasteiger partial charge is 0.223 e. The van der Waals surface area contributed by atoms with Crippen LogP contribution in [-0.2, 0) is 30.3 Å². The lowest BCUT2D eigenvalue weighted by atomic mass is 10.0. The summed E-state index contributed by atoms with van der Waals surface area (Å²) in [6.07, 6.45) is 23.3. The third-order valence-electron chi connectivity index (χ3n) is 5.84. The highest BCUT2D eigenvalue weighted by Crippen LogP contribution is 2.14. The van der Waals surface area contributed by atoms with Crippen LogP contribution < -0.4 is 5.32 Å². The van der Waals surface area contributed by atoms with Crippen molar-refractivity contribution in [2.75, 3.05) is 19.2 Å². The van der Waals surface area contributed by atoms with E-state index in [0.29, 0.717) is 6.42 Å². The Morgan fingerprint density at radius 3 is 1.63 bits per heavy atom. The van der Waals surface area contributed by atoms with Gasteiger partial charge in [0.25, 0.3) is 0 Å². The monoisotopic (exact) mass is 531 g/mol. The molecule has 0 fully saturated rings. The van der Waals surface area contributed by atoms with E-state index in [1.165, 1.54) is 94.8 Å². The number of hydrogen-bond donors (Lipinski definition) is 1. The van der Waals surface area contributed by atoms with Gasteiger partial charge < -0.3 is 9.87 Å². The first kappa shape index (κ1) is 33.9. The number of amides is 1. The molecule has 8 heteroatoms. The molecule has 6 nitrogen and oxygen atoms in total. The zero-order chi connectivity index (χ0) is 26.2. The van der Waals surface area contributed by atoms with Crippen LogP contribution in [0.4, 0.5) is 0 Å². The molecular formula is C27H49NO5S2. The average molecular weight is 532 g/mol. The highest BCUT2D eigenvalue weighted by Gasteiger charge is 2.15. The van der Waals surface area contributed by atoms with Gasteiger partial charge in [-0.3, -0.25) is 8.98 Å². The summed E-state index contributed by atoms with van der Waals surface area (Å²) >= 11 is 0. The van der Waals surface area contributed by atoms with Crippen LogP contribution in [-0.4, -0.2) is 38.1 Å². The minimum absolute atomic E-state index is 0.0955. The van der Waals surface area contributed by atoms with Gasteiger partial charge in [0.1, 0.15) is 6.26 Å². The number of rotatable bonds is 20. The van der Waals surface area contributed by atoms with Crippen LogP contribution in [0.25, 0.3) is 0 Å². The molecule has 0 heterocycles. The molecule has 1 atom stereocenters. The maximum absolute atomic E-state index is 12.0. The lowest BCUT2D eigenvalue weighted by Gasteiger charge is -2.06. The molecular weight excluding hydrogens is 482 g/mol. The van der Waals surface area contributed by atoms with Crippen LogP contribution in [0, 0.1) is 0 Å². The fraction of sp³-hybridized carbons (Fsp3) is 0.741. The van der Waals surface area contributed by atoms with E-state index in [9.17, 15) is 17.8 Å². The van der Waals surface area contributed by atoms with E-state index in [2.05, 4.69) is 46.9 Å². The molecule has 1 N–H and O–H groups in total. The molecule has 1 rings (SSSR count). The fourth-order valence-electron chi connectivity index (χ4n) is 3.67. The predicted molar refractivity (Wildman–Crippen MR) is 147 cm³/mol. The molecule has 0 bridgehead atoms. The first-order valence-electron chi connectivity index (χ1n) is 13.3. The number of hydrogen-bond acceptors (Lipinski definition) is 5. The number of carbonyl (C=O) groups is 1. The van der Waals surface area contributed by atoms with Crippen molar-refractivity contribution in [1.29, 1.82) is 0 Å². The van der Waals surface area contributed by atoms with Gasteiger partial charge in [-0.2, -0.15) is 0 Å². The number of carbonyl (C=O) groups excluding carboxylic acids is 1. The Morgan fingerprint density at radius 1 is 0.829 bits per heavy atom. The summed E-state index contributed by atoms with van der Waals surface area (Å²) in [6, 6.07) is 10.5. The van der Waals surface area contributed by atoms with Gasteiger partial charge in [-0.25, -0.2) is 8.42 Å². The van der Waals surface area contributed by atoms with Crippen LogP contribution in [0.2, 0.25) is 0 Å². The Bertz CT molecular complexity index is 714. The first-order chi connectivity index (χ1) is 16.8. The van der Waals surface area contributed by atoms with E-state index < -0.39 is 10.4 Å². The van der Waals surface area contributed by atoms with Crippen LogP contribution in [0.3, 0.4) is 0 Å². The summed E-state index contributed by atoms with van der Waals surface area (Å²) in [5, 5.41) is 3.10. The number of benzene rings is 1. The van der Waals surface area contributed by atoms with Crippen molar-refractivity contribution < 1.29 is 21.9 Å². The molecule has 1 amide bonds. The zero-order valence-corrected chi connectivity index (χ0v) is 23.9. The highest BCUT2D eigenvalue weighted by molar-refractivity contribution is 7.96. The van der Waals surface area contributed by atoms with Crippen molar-refractivity contribution in [3.05, 3.63) is 30.3 Å². The third-order valence-corrected chi connectivity index (χ3v) is 7.91. The number of nitrogens with one attached hydrogen (secondary N) is 1. The van der Waals surface area contributed by atoms with E-state index in [1.54, 1.807) is 0 Å². The lowest BCUT2D eigenvalue weighted by Crippen LogP contribution is -2.29. The summed E-state index contributed by atoms with van der Waals surface area (Å²) in [6.45, 7) is 2.28. The SMILES string of the molecule is CCCCCCCCCCCCCCCCCC(=O)NC[S+](C)c1ccccc1.COS(=O)(=O)[O-]. The van der Waals surface area contributed by atoms with E-state index in [1.807, 2.05) is 6.07 Å². The Morgan fingerprint density at radius 2 is 1.23 bits per heavy atom. The van der Waals surface area contributed by atoms with Gasteiger partial charge >= 0.3 is 0 Å².